The Labute approximate surface area is 283 Å². The number of ether oxygens (including phenoxy) is 2. The van der Waals surface area contributed by atoms with E-state index >= 15 is 0 Å². The molecular weight excluding hydrogens is 606 g/mol. The minimum atomic E-state index is -0.754. The molecule has 4 bridgehead atoms. The van der Waals surface area contributed by atoms with Gasteiger partial charge in [0.05, 0.1) is 24.9 Å². The van der Waals surface area contributed by atoms with Crippen LogP contribution in [0, 0.1) is 17.8 Å². The Hall–Kier alpha value is -3.47. The molecule has 0 unspecified atom stereocenters. The minimum absolute atomic E-state index is 0.0134. The molecule has 2 amide bonds. The summed E-state index contributed by atoms with van der Waals surface area (Å²) in [6, 6.07) is 22.5. The number of rotatable bonds is 11. The fourth-order valence-electron chi connectivity index (χ4n) is 9.11. The summed E-state index contributed by atoms with van der Waals surface area (Å²) in [5.41, 5.74) is 4.40. The van der Waals surface area contributed by atoms with Gasteiger partial charge in [-0.25, -0.2) is 4.79 Å². The molecule has 5 aliphatic rings. The molecule has 4 atom stereocenters. The van der Waals surface area contributed by atoms with Crippen molar-refractivity contribution < 1.29 is 29.6 Å². The van der Waals surface area contributed by atoms with Gasteiger partial charge in [0.2, 0.25) is 0 Å². The Morgan fingerprint density at radius 2 is 1.54 bits per heavy atom. The first-order valence-corrected chi connectivity index (χ1v) is 17.5. The molecule has 3 aromatic rings. The van der Waals surface area contributed by atoms with Crippen LogP contribution in [0.25, 0.3) is 0 Å². The summed E-state index contributed by atoms with van der Waals surface area (Å²) in [7, 11) is 1.95. The van der Waals surface area contributed by atoms with Crippen molar-refractivity contribution in [3.63, 3.8) is 0 Å². The van der Waals surface area contributed by atoms with Crippen LogP contribution in [0.1, 0.15) is 91.3 Å². The molecule has 1 aliphatic heterocycles. The summed E-state index contributed by atoms with van der Waals surface area (Å²) < 4.78 is 13.0. The highest BCUT2D eigenvalue weighted by molar-refractivity contribution is 5.75. The molecule has 1 saturated heterocycles. The van der Waals surface area contributed by atoms with Gasteiger partial charge in [0.25, 0.3) is 0 Å². The Balaban J connectivity index is 0.981. The van der Waals surface area contributed by atoms with Crippen molar-refractivity contribution in [2.75, 3.05) is 20.1 Å². The van der Waals surface area contributed by atoms with Crippen molar-refractivity contribution in [3.8, 4) is 5.75 Å². The van der Waals surface area contributed by atoms with Crippen molar-refractivity contribution in [3.05, 3.63) is 101 Å². The fraction of sp³-hybridized carbons (Fsp3) is 0.513. The van der Waals surface area contributed by atoms with Crippen LogP contribution in [0.3, 0.4) is 0 Å². The van der Waals surface area contributed by atoms with Gasteiger partial charge >= 0.3 is 6.03 Å². The number of phenolic OH excluding ortho intramolecular Hbond substituents is 1. The molecule has 0 aromatic heterocycles. The van der Waals surface area contributed by atoms with Crippen LogP contribution in [-0.4, -0.2) is 58.0 Å². The number of aliphatic hydroxyl groups is 2. The largest absolute Gasteiger partial charge is 0.508 e. The molecule has 0 spiro atoms. The van der Waals surface area contributed by atoms with E-state index in [0.717, 1.165) is 59.3 Å². The number of amides is 2. The zero-order valence-electron chi connectivity index (χ0n) is 27.8. The van der Waals surface area contributed by atoms with Gasteiger partial charge in [-0.2, -0.15) is 0 Å². The molecular formula is C39H49N3O6. The minimum Gasteiger partial charge on any atom is -0.508 e. The van der Waals surface area contributed by atoms with E-state index in [4.69, 9.17) is 9.47 Å². The van der Waals surface area contributed by atoms with Gasteiger partial charge in [-0.05, 0) is 97.7 Å². The number of aliphatic hydroxyl groups excluding tert-OH is 2. The molecule has 9 nitrogen and oxygen atoms in total. The van der Waals surface area contributed by atoms with Crippen LogP contribution >= 0.6 is 0 Å². The van der Waals surface area contributed by atoms with E-state index in [2.05, 4.69) is 10.6 Å². The third-order valence-electron chi connectivity index (χ3n) is 11.0. The number of urea groups is 1. The number of phenols is 1. The first-order valence-electron chi connectivity index (χ1n) is 17.5. The average molecular weight is 656 g/mol. The van der Waals surface area contributed by atoms with Gasteiger partial charge in [0.15, 0.2) is 6.29 Å². The number of benzene rings is 3. The second kappa shape index (κ2) is 14.2. The highest BCUT2D eigenvalue weighted by Crippen LogP contribution is 2.55. The Morgan fingerprint density at radius 1 is 0.896 bits per heavy atom. The summed E-state index contributed by atoms with van der Waals surface area (Å²) in [6.45, 7) is 1.38. The van der Waals surface area contributed by atoms with Crippen molar-refractivity contribution in [2.24, 2.45) is 17.8 Å². The topological polar surface area (TPSA) is 124 Å². The first-order chi connectivity index (χ1) is 23.2. The van der Waals surface area contributed by atoms with Crippen molar-refractivity contribution in [1.82, 2.24) is 15.5 Å². The highest BCUT2D eigenvalue weighted by Gasteiger charge is 2.51. The Morgan fingerprint density at radius 3 is 2.19 bits per heavy atom. The highest BCUT2D eigenvalue weighted by atomic mass is 16.7. The molecule has 8 rings (SSSR count). The number of carbonyl (C=O) groups excluding carboxylic acids is 1. The zero-order valence-corrected chi connectivity index (χ0v) is 27.8. The Bertz CT molecular complexity index is 1510. The molecule has 4 aliphatic carbocycles. The average Bonchev–Trinajstić information content (AvgIpc) is 3.06. The van der Waals surface area contributed by atoms with Crippen LogP contribution in [0.2, 0.25) is 0 Å². The number of nitrogens with zero attached hydrogens (tertiary/aromatic N) is 1. The molecule has 48 heavy (non-hydrogen) atoms. The van der Waals surface area contributed by atoms with Gasteiger partial charge in [0, 0.05) is 37.2 Å². The van der Waals surface area contributed by atoms with Crippen LogP contribution < -0.4 is 10.6 Å². The summed E-state index contributed by atoms with van der Waals surface area (Å²) in [4.78, 5) is 15.0. The fourth-order valence-corrected chi connectivity index (χ4v) is 9.11. The third kappa shape index (κ3) is 7.71. The summed E-state index contributed by atoms with van der Waals surface area (Å²) in [5.74, 6) is 2.47. The maximum absolute atomic E-state index is 13.0. The monoisotopic (exact) mass is 655 g/mol. The number of nitrogens with one attached hydrogen (secondary N) is 2. The van der Waals surface area contributed by atoms with Crippen LogP contribution in [0.4, 0.5) is 4.79 Å². The van der Waals surface area contributed by atoms with Crippen LogP contribution in [0.5, 0.6) is 5.75 Å². The number of likely N-dealkylation sites (N-methyl/N-ethyl adjacent to an activating group) is 1. The predicted octanol–water partition coefficient (Wildman–Crippen LogP) is 5.86. The second-order valence-corrected chi connectivity index (χ2v) is 14.9. The molecule has 3 aromatic carbocycles. The molecule has 256 valence electrons. The predicted molar refractivity (Wildman–Crippen MR) is 182 cm³/mol. The van der Waals surface area contributed by atoms with Gasteiger partial charge < -0.3 is 40.3 Å². The molecule has 9 heteroatoms. The molecule has 5 fully saturated rings. The lowest BCUT2D eigenvalue weighted by atomic mass is 9.53. The number of aromatic hydroxyl groups is 1. The van der Waals surface area contributed by atoms with Crippen molar-refractivity contribution >= 4 is 6.03 Å². The van der Waals surface area contributed by atoms with Crippen molar-refractivity contribution in [1.29, 1.82) is 0 Å². The summed E-state index contributed by atoms with van der Waals surface area (Å²) >= 11 is 0. The van der Waals surface area contributed by atoms with E-state index < -0.39 is 12.4 Å². The zero-order chi connectivity index (χ0) is 33.3. The van der Waals surface area contributed by atoms with Gasteiger partial charge in [-0.15, -0.1) is 0 Å². The molecule has 5 N–H and O–H groups in total. The van der Waals surface area contributed by atoms with Gasteiger partial charge in [-0.1, -0.05) is 60.7 Å². The molecule has 4 saturated carbocycles. The maximum Gasteiger partial charge on any atom is 0.315 e. The summed E-state index contributed by atoms with van der Waals surface area (Å²) in [5, 5.41) is 36.7. The van der Waals surface area contributed by atoms with Gasteiger partial charge in [-0.3, -0.25) is 0 Å². The second-order valence-electron chi connectivity index (χ2n) is 14.9. The maximum atomic E-state index is 13.0. The van der Waals surface area contributed by atoms with Crippen LogP contribution in [0.15, 0.2) is 72.8 Å². The third-order valence-corrected chi connectivity index (χ3v) is 11.0. The van der Waals surface area contributed by atoms with Crippen LogP contribution in [-0.2, 0) is 22.6 Å². The molecule has 0 radical (unpaired) electrons. The number of hydrogen-bond donors (Lipinski definition) is 5. The summed E-state index contributed by atoms with van der Waals surface area (Å²) in [6.07, 6.45) is 6.30. The number of carbonyl (C=O) groups is 1. The quantitative estimate of drug-likeness (QED) is 0.175. The van der Waals surface area contributed by atoms with E-state index in [1.807, 2.05) is 60.5 Å². The lowest BCUT2D eigenvalue weighted by Gasteiger charge is -2.56. The van der Waals surface area contributed by atoms with E-state index in [0.29, 0.717) is 31.6 Å². The standard InChI is InChI=1S/C39H49N3O6/c1-42(23-35(45)32-3-2-4-33(44)16-32)22-34-17-36(30-9-7-26(24-43)8-10-30)48-37(47-34)31-11-5-25(6-12-31)21-40-38(46)41-39-18-27-13-28(19-39)15-29(14-27)20-39/h2-12,16,27-29,34-37,43-45H,13-15,17-24H2,1H3,(H2,40,41,46)/t27?,28?,29?,34-,35-,36+,37+,39?/m1/s1. The van der Waals surface area contributed by atoms with Gasteiger partial charge in [0.1, 0.15) is 5.75 Å². The first kappa shape index (κ1) is 33.0. The van der Waals surface area contributed by atoms with E-state index in [1.165, 1.54) is 19.3 Å². The SMILES string of the molecule is CN(C[C@H]1C[C@@H](c2ccc(CO)cc2)O[C@@H](c2ccc(CNC(=O)NC34CC5CC(CC(C5)C3)C4)cc2)O1)C[C@@H](O)c1cccc(O)c1. The Kier molecular flexibility index (Phi) is 9.76. The lowest BCUT2D eigenvalue weighted by Crippen LogP contribution is -2.61. The van der Waals surface area contributed by atoms with E-state index in [1.54, 1.807) is 24.3 Å². The lowest BCUT2D eigenvalue weighted by molar-refractivity contribution is -0.252. The van der Waals surface area contributed by atoms with E-state index in [9.17, 15) is 20.1 Å². The molecule has 1 heterocycles. The van der Waals surface area contributed by atoms with Crippen molar-refractivity contribution in [2.45, 2.75) is 88.2 Å². The van der Waals surface area contributed by atoms with E-state index in [-0.39, 0.29) is 36.1 Å². The normalized spacial score (nSPS) is 29.9. The smallest absolute Gasteiger partial charge is 0.315 e. The number of hydrogen-bond acceptors (Lipinski definition) is 7.